The average molecular weight is 419 g/mol. The van der Waals surface area contributed by atoms with E-state index in [0.29, 0.717) is 11.6 Å². The number of carbonyl (C=O) groups excluding carboxylic acids is 1. The first-order valence-corrected chi connectivity index (χ1v) is 10.5. The van der Waals surface area contributed by atoms with E-state index >= 15 is 0 Å². The summed E-state index contributed by atoms with van der Waals surface area (Å²) in [6.07, 6.45) is 5.55. The van der Waals surface area contributed by atoms with Crippen LogP contribution in [0.25, 0.3) is 0 Å². The number of para-hydroxylation sites is 1. The van der Waals surface area contributed by atoms with Gasteiger partial charge in [-0.2, -0.15) is 0 Å². The number of rotatable bonds is 7. The largest absolute Gasteiger partial charge is 0.481 e. The molecule has 0 saturated heterocycles. The molecule has 1 fully saturated rings. The Kier molecular flexibility index (Phi) is 6.31. The van der Waals surface area contributed by atoms with Crippen LogP contribution in [0.15, 0.2) is 65.2 Å². The van der Waals surface area contributed by atoms with Gasteiger partial charge in [0.25, 0.3) is 11.9 Å². The molecule has 3 aromatic rings. The maximum atomic E-state index is 12.5. The predicted octanol–water partition coefficient (Wildman–Crippen LogP) is 5.42. The summed E-state index contributed by atoms with van der Waals surface area (Å²) in [7, 11) is 0. The molecule has 31 heavy (non-hydrogen) atoms. The number of nitrogens with one attached hydrogen (secondary N) is 2. The van der Waals surface area contributed by atoms with Gasteiger partial charge in [0, 0.05) is 17.8 Å². The Labute approximate surface area is 180 Å². The maximum Gasteiger partial charge on any atom is 0.303 e. The number of carboxylic acid groups (broad SMARTS) is 1. The minimum atomic E-state index is -0.710. The van der Waals surface area contributed by atoms with Crippen LogP contribution in [-0.4, -0.2) is 22.0 Å². The molecule has 0 atom stereocenters. The van der Waals surface area contributed by atoms with E-state index in [2.05, 4.69) is 15.6 Å². The van der Waals surface area contributed by atoms with Gasteiger partial charge in [-0.15, -0.1) is 0 Å². The fraction of sp³-hybridized carbons (Fsp3) is 0.292. The second-order valence-corrected chi connectivity index (χ2v) is 7.91. The average Bonchev–Trinajstić information content (AvgIpc) is 3.24. The van der Waals surface area contributed by atoms with Crippen LogP contribution < -0.4 is 10.6 Å². The van der Waals surface area contributed by atoms with Gasteiger partial charge in [-0.25, -0.2) is 4.98 Å². The second kappa shape index (κ2) is 9.47. The van der Waals surface area contributed by atoms with E-state index < -0.39 is 5.97 Å². The van der Waals surface area contributed by atoms with E-state index in [9.17, 15) is 9.59 Å². The number of carbonyl (C=O) groups is 2. The normalized spacial score (nSPS) is 18.3. The summed E-state index contributed by atoms with van der Waals surface area (Å²) in [4.78, 5) is 27.5. The van der Waals surface area contributed by atoms with Crippen molar-refractivity contribution in [1.82, 2.24) is 4.98 Å². The number of hydrogen-bond acceptors (Lipinski definition) is 5. The third kappa shape index (κ3) is 5.51. The fourth-order valence-electron chi connectivity index (χ4n) is 4.06. The number of aromatic nitrogens is 1. The molecule has 7 nitrogen and oxygen atoms in total. The molecule has 1 saturated carbocycles. The third-order valence-corrected chi connectivity index (χ3v) is 5.70. The van der Waals surface area contributed by atoms with Crippen LogP contribution in [-0.2, 0) is 4.79 Å². The van der Waals surface area contributed by atoms with E-state index in [1.54, 1.807) is 0 Å². The van der Waals surface area contributed by atoms with Gasteiger partial charge in [-0.1, -0.05) is 30.3 Å². The monoisotopic (exact) mass is 419 g/mol. The van der Waals surface area contributed by atoms with Gasteiger partial charge in [-0.3, -0.25) is 9.59 Å². The summed E-state index contributed by atoms with van der Waals surface area (Å²) >= 11 is 0. The van der Waals surface area contributed by atoms with Gasteiger partial charge in [0.1, 0.15) is 0 Å². The van der Waals surface area contributed by atoms with E-state index in [1.165, 1.54) is 11.8 Å². The Morgan fingerprint density at radius 2 is 1.68 bits per heavy atom. The number of carboxylic acids is 1. The molecule has 4 rings (SSSR count). The van der Waals surface area contributed by atoms with Crippen LogP contribution in [0, 0.1) is 5.92 Å². The fourth-order valence-corrected chi connectivity index (χ4v) is 4.06. The molecule has 0 radical (unpaired) electrons. The highest BCUT2D eigenvalue weighted by atomic mass is 16.4. The van der Waals surface area contributed by atoms with Crippen molar-refractivity contribution >= 4 is 29.3 Å². The van der Waals surface area contributed by atoms with E-state index in [-0.39, 0.29) is 30.0 Å². The third-order valence-electron chi connectivity index (χ3n) is 5.70. The Balaban J connectivity index is 1.31. The maximum absolute atomic E-state index is 12.5. The molecule has 7 heteroatoms. The first-order valence-electron chi connectivity index (χ1n) is 10.5. The molecule has 3 N–H and O–H groups in total. The Bertz CT molecular complexity index is 1020. The number of aliphatic carboxylic acids is 1. The Morgan fingerprint density at radius 3 is 2.35 bits per heavy atom. The summed E-state index contributed by atoms with van der Waals surface area (Å²) in [6, 6.07) is 17.5. The molecule has 1 heterocycles. The van der Waals surface area contributed by atoms with Gasteiger partial charge >= 0.3 is 5.97 Å². The number of nitrogens with zero attached hydrogens (tertiary/aromatic N) is 1. The smallest absolute Gasteiger partial charge is 0.303 e. The highest BCUT2D eigenvalue weighted by Crippen LogP contribution is 2.37. The van der Waals surface area contributed by atoms with Gasteiger partial charge in [0.15, 0.2) is 0 Å². The summed E-state index contributed by atoms with van der Waals surface area (Å²) in [6.45, 7) is 0. The topological polar surface area (TPSA) is 104 Å². The molecule has 0 spiro atoms. The molecule has 1 aliphatic carbocycles. The first kappa shape index (κ1) is 20.7. The van der Waals surface area contributed by atoms with Crippen molar-refractivity contribution in [1.29, 1.82) is 0 Å². The zero-order valence-electron chi connectivity index (χ0n) is 17.1. The van der Waals surface area contributed by atoms with Crippen molar-refractivity contribution in [2.45, 2.75) is 38.0 Å². The van der Waals surface area contributed by atoms with Gasteiger partial charge in [0.05, 0.1) is 6.20 Å². The standard InChI is InChI=1S/C24H25N3O4/c28-22(29)14-16-6-8-17(9-7-16)18-10-12-20(13-11-18)26-23(30)21-15-25-24(31-21)27-19-4-2-1-3-5-19/h1-5,10-13,15-17H,6-9,14H2,(H,25,27)(H,26,30)(H,28,29). The quantitative estimate of drug-likeness (QED) is 0.472. The molecule has 0 unspecified atom stereocenters. The SMILES string of the molecule is O=C(O)CC1CCC(c2ccc(NC(=O)c3cnc(Nc4ccccc4)o3)cc2)CC1. The van der Waals surface area contributed by atoms with E-state index in [0.717, 1.165) is 31.4 Å². The van der Waals surface area contributed by atoms with Crippen molar-refractivity contribution in [3.05, 3.63) is 72.1 Å². The predicted molar refractivity (Wildman–Crippen MR) is 118 cm³/mol. The van der Waals surface area contributed by atoms with Crippen LogP contribution in [0.3, 0.4) is 0 Å². The second-order valence-electron chi connectivity index (χ2n) is 7.91. The van der Waals surface area contributed by atoms with E-state index in [4.69, 9.17) is 9.52 Å². The van der Waals surface area contributed by atoms with Crippen molar-refractivity contribution < 1.29 is 19.1 Å². The van der Waals surface area contributed by atoms with Gasteiger partial charge in [0.2, 0.25) is 5.76 Å². The Morgan fingerprint density at radius 1 is 0.968 bits per heavy atom. The van der Waals surface area contributed by atoms with E-state index in [1.807, 2.05) is 54.6 Å². The molecule has 0 aliphatic heterocycles. The van der Waals surface area contributed by atoms with Crippen LogP contribution in [0.5, 0.6) is 0 Å². The number of benzene rings is 2. The molecule has 1 aliphatic rings. The molecule has 2 aromatic carbocycles. The van der Waals surface area contributed by atoms with Crippen LogP contribution in [0.2, 0.25) is 0 Å². The zero-order valence-corrected chi connectivity index (χ0v) is 17.1. The summed E-state index contributed by atoms with van der Waals surface area (Å²) < 4.78 is 5.50. The number of anilines is 3. The lowest BCUT2D eigenvalue weighted by molar-refractivity contribution is -0.138. The van der Waals surface area contributed by atoms with Gasteiger partial charge < -0.3 is 20.2 Å². The number of hydrogen-bond donors (Lipinski definition) is 3. The lowest BCUT2D eigenvalue weighted by Gasteiger charge is -2.28. The highest BCUT2D eigenvalue weighted by Gasteiger charge is 2.24. The van der Waals surface area contributed by atoms with Crippen LogP contribution >= 0.6 is 0 Å². The lowest BCUT2D eigenvalue weighted by Crippen LogP contribution is -2.16. The summed E-state index contributed by atoms with van der Waals surface area (Å²) in [5, 5.41) is 14.8. The van der Waals surface area contributed by atoms with Crippen LogP contribution in [0.4, 0.5) is 17.4 Å². The zero-order chi connectivity index (χ0) is 21.6. The summed E-state index contributed by atoms with van der Waals surface area (Å²) in [5.74, 6) is -0.223. The molecular formula is C24H25N3O4. The molecule has 0 bridgehead atoms. The van der Waals surface area contributed by atoms with Crippen molar-refractivity contribution in [2.75, 3.05) is 10.6 Å². The van der Waals surface area contributed by atoms with Gasteiger partial charge in [-0.05, 0) is 67.3 Å². The minimum absolute atomic E-state index is 0.124. The molecular weight excluding hydrogens is 394 g/mol. The first-order chi connectivity index (χ1) is 15.1. The van der Waals surface area contributed by atoms with Crippen LogP contribution in [0.1, 0.15) is 54.1 Å². The van der Waals surface area contributed by atoms with Crippen molar-refractivity contribution in [3.8, 4) is 0 Å². The van der Waals surface area contributed by atoms with Crippen molar-refractivity contribution in [3.63, 3.8) is 0 Å². The minimum Gasteiger partial charge on any atom is -0.481 e. The lowest BCUT2D eigenvalue weighted by atomic mass is 9.77. The molecule has 1 amide bonds. The highest BCUT2D eigenvalue weighted by molar-refractivity contribution is 6.02. The molecule has 160 valence electrons. The number of oxazole rings is 1. The molecule has 1 aromatic heterocycles. The summed E-state index contributed by atoms with van der Waals surface area (Å²) in [5.41, 5.74) is 2.73. The van der Waals surface area contributed by atoms with Crippen molar-refractivity contribution in [2.24, 2.45) is 5.92 Å². The number of amides is 1. The Hall–Kier alpha value is -3.61.